The third-order valence-electron chi connectivity index (χ3n) is 9.02. The van der Waals surface area contributed by atoms with Crippen molar-refractivity contribution >= 4 is 23.6 Å². The summed E-state index contributed by atoms with van der Waals surface area (Å²) in [5.74, 6) is -1.63. The van der Waals surface area contributed by atoms with Gasteiger partial charge in [-0.1, -0.05) is 42.5 Å². The first-order chi connectivity index (χ1) is 20.7. The molecule has 0 radical (unpaired) electrons. The molecule has 3 fully saturated rings. The van der Waals surface area contributed by atoms with Crippen LogP contribution in [-0.2, 0) is 32.0 Å². The predicted molar refractivity (Wildman–Crippen MR) is 160 cm³/mol. The van der Waals surface area contributed by atoms with Crippen LogP contribution in [0.4, 0.5) is 0 Å². The van der Waals surface area contributed by atoms with Crippen LogP contribution in [0.15, 0.2) is 54.6 Å². The molecule has 10 nitrogen and oxygen atoms in total. The number of hydrogen-bond donors (Lipinski definition) is 5. The lowest BCUT2D eigenvalue weighted by Crippen LogP contribution is -2.49. The number of aromatic hydroxyl groups is 1. The largest absolute Gasteiger partial charge is 0.508 e. The molecule has 3 saturated heterocycles. The fourth-order valence-corrected chi connectivity index (χ4v) is 6.68. The molecule has 5 N–H and O–H groups in total. The van der Waals surface area contributed by atoms with Crippen molar-refractivity contribution in [1.82, 2.24) is 20.9 Å². The second kappa shape index (κ2) is 13.7. The van der Waals surface area contributed by atoms with Gasteiger partial charge in [-0.05, 0) is 74.2 Å². The van der Waals surface area contributed by atoms with Crippen LogP contribution in [0, 0.1) is 5.92 Å². The Morgan fingerprint density at radius 3 is 2.35 bits per heavy atom. The van der Waals surface area contributed by atoms with Gasteiger partial charge in [0.2, 0.25) is 11.8 Å². The minimum absolute atomic E-state index is 0.0203. The lowest BCUT2D eigenvalue weighted by atomic mass is 9.82. The number of carboxylic acid groups (broad SMARTS) is 1. The number of ketones is 1. The van der Waals surface area contributed by atoms with E-state index in [0.717, 1.165) is 31.4 Å². The molecule has 2 aromatic carbocycles. The summed E-state index contributed by atoms with van der Waals surface area (Å²) in [7, 11) is 0. The zero-order chi connectivity index (χ0) is 30.4. The summed E-state index contributed by atoms with van der Waals surface area (Å²) in [6.07, 6.45) is 5.02. The van der Waals surface area contributed by atoms with E-state index in [1.165, 1.54) is 12.1 Å². The maximum absolute atomic E-state index is 14.0. The summed E-state index contributed by atoms with van der Waals surface area (Å²) >= 11 is 0. The van der Waals surface area contributed by atoms with Gasteiger partial charge in [0.1, 0.15) is 11.8 Å². The molecule has 5 atom stereocenters. The molecule has 4 unspecified atom stereocenters. The second-order valence-electron chi connectivity index (χ2n) is 12.3. The SMILES string of the molecule is O=C(CC(Cc1ccccc1)CC1(C(=O)[C@@H]2CCCN2C(=O)CC2CCCN2)CN1)NC(Cc1ccc(O)cc1)C(=O)O. The molecule has 3 aliphatic rings. The van der Waals surface area contributed by atoms with E-state index < -0.39 is 29.5 Å². The van der Waals surface area contributed by atoms with E-state index in [4.69, 9.17) is 0 Å². The molecule has 3 heterocycles. The number of amides is 2. The van der Waals surface area contributed by atoms with Crippen LogP contribution in [0.2, 0.25) is 0 Å². The van der Waals surface area contributed by atoms with E-state index in [1.54, 1.807) is 17.0 Å². The highest BCUT2D eigenvalue weighted by Gasteiger charge is 2.54. The molecular weight excluding hydrogens is 548 g/mol. The minimum atomic E-state index is -1.14. The minimum Gasteiger partial charge on any atom is -0.508 e. The molecule has 43 heavy (non-hydrogen) atoms. The number of benzene rings is 2. The van der Waals surface area contributed by atoms with Gasteiger partial charge in [0.25, 0.3) is 0 Å². The average Bonchev–Trinajstić information content (AvgIpc) is 3.33. The number of likely N-dealkylation sites (tertiary alicyclic amines) is 1. The highest BCUT2D eigenvalue weighted by Crippen LogP contribution is 2.35. The Bertz CT molecular complexity index is 1290. The van der Waals surface area contributed by atoms with Crippen LogP contribution in [0.25, 0.3) is 0 Å². The van der Waals surface area contributed by atoms with Crippen molar-refractivity contribution in [2.75, 3.05) is 19.6 Å². The molecule has 0 aromatic heterocycles. The fraction of sp³-hybridized carbons (Fsp3) is 0.515. The quantitative estimate of drug-likeness (QED) is 0.210. The van der Waals surface area contributed by atoms with E-state index >= 15 is 0 Å². The number of phenolic OH excluding ortho intramolecular Hbond substituents is 1. The van der Waals surface area contributed by atoms with Crippen molar-refractivity contribution in [3.8, 4) is 5.75 Å². The first kappa shape index (κ1) is 30.7. The number of Topliss-reactive ketones (excluding diaryl/α,β-unsaturated/α-hetero) is 1. The Morgan fingerprint density at radius 2 is 1.70 bits per heavy atom. The summed E-state index contributed by atoms with van der Waals surface area (Å²) in [6.45, 7) is 2.01. The van der Waals surface area contributed by atoms with E-state index in [2.05, 4.69) is 16.0 Å². The van der Waals surface area contributed by atoms with Crippen molar-refractivity contribution < 1.29 is 29.4 Å². The van der Waals surface area contributed by atoms with E-state index in [1.807, 2.05) is 30.3 Å². The smallest absolute Gasteiger partial charge is 0.326 e. The fourth-order valence-electron chi connectivity index (χ4n) is 6.68. The zero-order valence-corrected chi connectivity index (χ0v) is 24.5. The average molecular weight is 591 g/mol. The van der Waals surface area contributed by atoms with Gasteiger partial charge in [-0.25, -0.2) is 4.79 Å². The van der Waals surface area contributed by atoms with Gasteiger partial charge in [-0.2, -0.15) is 0 Å². The number of carboxylic acids is 1. The zero-order valence-electron chi connectivity index (χ0n) is 24.5. The van der Waals surface area contributed by atoms with Crippen molar-refractivity contribution in [2.24, 2.45) is 5.92 Å². The summed E-state index contributed by atoms with van der Waals surface area (Å²) in [6, 6.07) is 14.6. The number of hydrogen-bond acceptors (Lipinski definition) is 7. The number of nitrogens with one attached hydrogen (secondary N) is 3. The van der Waals surface area contributed by atoms with Gasteiger partial charge < -0.3 is 31.1 Å². The van der Waals surface area contributed by atoms with E-state index in [9.17, 15) is 29.4 Å². The normalized spacial score (nSPS) is 24.3. The molecule has 3 aliphatic heterocycles. The highest BCUT2D eigenvalue weighted by atomic mass is 16.4. The monoisotopic (exact) mass is 590 g/mol. The van der Waals surface area contributed by atoms with Crippen LogP contribution in [-0.4, -0.2) is 82.0 Å². The number of carbonyl (C=O) groups excluding carboxylic acids is 3. The van der Waals surface area contributed by atoms with Crippen LogP contribution in [0.1, 0.15) is 56.1 Å². The lowest BCUT2D eigenvalue weighted by Gasteiger charge is -2.29. The lowest BCUT2D eigenvalue weighted by molar-refractivity contribution is -0.142. The molecular formula is C33H42N4O6. The third-order valence-corrected chi connectivity index (χ3v) is 9.02. The molecule has 0 spiro atoms. The van der Waals surface area contributed by atoms with Crippen molar-refractivity contribution in [1.29, 1.82) is 0 Å². The number of nitrogens with zero attached hydrogens (tertiary/aromatic N) is 1. The first-order valence-corrected chi connectivity index (χ1v) is 15.4. The van der Waals surface area contributed by atoms with Gasteiger partial charge in [0.15, 0.2) is 5.78 Å². The van der Waals surface area contributed by atoms with E-state index in [-0.39, 0.29) is 42.2 Å². The highest BCUT2D eigenvalue weighted by molar-refractivity contribution is 5.98. The van der Waals surface area contributed by atoms with Gasteiger partial charge in [0, 0.05) is 38.4 Å². The summed E-state index contributed by atoms with van der Waals surface area (Å²) in [5, 5.41) is 28.7. The third kappa shape index (κ3) is 8.00. The van der Waals surface area contributed by atoms with Gasteiger partial charge in [-0.15, -0.1) is 0 Å². The number of phenols is 1. The first-order valence-electron chi connectivity index (χ1n) is 15.4. The maximum atomic E-state index is 14.0. The maximum Gasteiger partial charge on any atom is 0.326 e. The van der Waals surface area contributed by atoms with Gasteiger partial charge >= 0.3 is 5.97 Å². The van der Waals surface area contributed by atoms with Crippen LogP contribution >= 0.6 is 0 Å². The number of aliphatic carboxylic acids is 1. The summed E-state index contributed by atoms with van der Waals surface area (Å²) in [5.41, 5.74) is 0.915. The van der Waals surface area contributed by atoms with Crippen molar-refractivity contribution in [2.45, 2.75) is 81.5 Å². The Labute approximate surface area is 252 Å². The summed E-state index contributed by atoms with van der Waals surface area (Å²) < 4.78 is 0. The topological polar surface area (TPSA) is 158 Å². The number of rotatable bonds is 14. The Morgan fingerprint density at radius 1 is 0.977 bits per heavy atom. The number of carbonyl (C=O) groups is 4. The van der Waals surface area contributed by atoms with Gasteiger partial charge in [-0.3, -0.25) is 14.4 Å². The molecule has 0 aliphatic carbocycles. The Balaban J connectivity index is 1.26. The molecule has 0 bridgehead atoms. The van der Waals surface area contributed by atoms with Crippen LogP contribution in [0.3, 0.4) is 0 Å². The molecule has 230 valence electrons. The summed E-state index contributed by atoms with van der Waals surface area (Å²) in [4.78, 5) is 54.2. The van der Waals surface area contributed by atoms with Crippen LogP contribution in [0.5, 0.6) is 5.75 Å². The Hall–Kier alpha value is -3.76. The van der Waals surface area contributed by atoms with Gasteiger partial charge in [0.05, 0.1) is 11.6 Å². The standard InChI is InChI=1S/C33H42N4O6/c38-26-12-10-23(11-13-26)17-27(32(42)43)36-29(39)18-24(16-22-6-2-1-3-7-22)20-33(21-35-33)31(41)28-9-5-15-37(28)30(40)19-25-8-4-14-34-25/h1-3,6-7,10-13,24-25,27-28,34-35,38H,4-5,8-9,14-21H2,(H,36,39)(H,42,43)/t24?,25?,27?,28-,33?/m0/s1. The molecule has 2 amide bonds. The van der Waals surface area contributed by atoms with Crippen LogP contribution < -0.4 is 16.0 Å². The second-order valence-corrected chi connectivity index (χ2v) is 12.3. The molecule has 0 saturated carbocycles. The van der Waals surface area contributed by atoms with E-state index in [0.29, 0.717) is 44.3 Å². The van der Waals surface area contributed by atoms with Crippen molar-refractivity contribution in [3.63, 3.8) is 0 Å². The predicted octanol–water partition coefficient (Wildman–Crippen LogP) is 2.19. The molecule has 5 rings (SSSR count). The van der Waals surface area contributed by atoms with Crippen molar-refractivity contribution in [3.05, 3.63) is 65.7 Å². The molecule has 10 heteroatoms. The molecule has 2 aromatic rings. The Kier molecular flexibility index (Phi) is 9.77.